The molecule has 0 aromatic heterocycles. The lowest BCUT2D eigenvalue weighted by atomic mass is 9.96. The number of carbonyl (C=O) groups excluding carboxylic acids is 2. The first-order chi connectivity index (χ1) is 16.8. The van der Waals surface area contributed by atoms with Gasteiger partial charge in [-0.25, -0.2) is 17.9 Å². The molecule has 188 valence electrons. The number of nitrogens with one attached hydrogen (secondary N) is 1. The van der Waals surface area contributed by atoms with Crippen LogP contribution in [0, 0.1) is 6.92 Å². The summed E-state index contributed by atoms with van der Waals surface area (Å²) in [6.07, 6.45) is 3.96. The zero-order chi connectivity index (χ0) is 25.0. The number of methoxy groups -OCH3 is 1. The van der Waals surface area contributed by atoms with Crippen LogP contribution >= 0.6 is 0 Å². The normalized spacial score (nSPS) is 18.3. The average molecular weight is 503 g/mol. The van der Waals surface area contributed by atoms with Gasteiger partial charge in [-0.3, -0.25) is 4.79 Å². The molecule has 1 N–H and O–H groups in total. The van der Waals surface area contributed by atoms with E-state index in [-0.39, 0.29) is 30.0 Å². The summed E-state index contributed by atoms with van der Waals surface area (Å²) in [7, 11) is -2.37. The van der Waals surface area contributed by atoms with Gasteiger partial charge in [0.25, 0.3) is 5.91 Å². The minimum Gasteiger partial charge on any atom is -0.483 e. The van der Waals surface area contributed by atoms with Gasteiger partial charge in [0.1, 0.15) is 11.5 Å². The van der Waals surface area contributed by atoms with Crippen molar-refractivity contribution in [3.8, 4) is 11.5 Å². The van der Waals surface area contributed by atoms with E-state index in [1.54, 1.807) is 43.3 Å². The summed E-state index contributed by atoms with van der Waals surface area (Å²) < 4.78 is 44.6. The second-order valence-corrected chi connectivity index (χ2v) is 10.5. The molecule has 0 bridgehead atoms. The van der Waals surface area contributed by atoms with Crippen molar-refractivity contribution in [3.05, 3.63) is 48.0 Å². The van der Waals surface area contributed by atoms with Gasteiger partial charge in [0, 0.05) is 6.04 Å². The number of hydrogen-bond donors (Lipinski definition) is 1. The molecule has 1 saturated carbocycles. The highest BCUT2D eigenvalue weighted by Gasteiger charge is 2.34. The van der Waals surface area contributed by atoms with Gasteiger partial charge in [-0.2, -0.15) is 0 Å². The van der Waals surface area contributed by atoms with Crippen LogP contribution in [0.5, 0.6) is 11.5 Å². The second-order valence-electron chi connectivity index (χ2n) is 8.77. The Kier molecular flexibility index (Phi) is 7.61. The van der Waals surface area contributed by atoms with Crippen LogP contribution in [0.1, 0.15) is 37.7 Å². The van der Waals surface area contributed by atoms with Gasteiger partial charge in [-0.05, 0) is 55.7 Å². The van der Waals surface area contributed by atoms with Gasteiger partial charge in [-0.15, -0.1) is 0 Å². The molecule has 2 aromatic rings. The summed E-state index contributed by atoms with van der Waals surface area (Å²) in [6.45, 7) is 1.43. The molecule has 4 rings (SSSR count). The van der Waals surface area contributed by atoms with Crippen molar-refractivity contribution in [2.45, 2.75) is 56.1 Å². The van der Waals surface area contributed by atoms with Crippen molar-refractivity contribution in [1.29, 1.82) is 0 Å². The molecule has 0 radical (unpaired) electrons. The van der Waals surface area contributed by atoms with E-state index in [9.17, 15) is 18.0 Å². The highest BCUT2D eigenvalue weighted by atomic mass is 32.2. The van der Waals surface area contributed by atoms with Gasteiger partial charge < -0.3 is 19.1 Å². The topological polar surface area (TPSA) is 111 Å². The van der Waals surface area contributed by atoms with Gasteiger partial charge >= 0.3 is 5.97 Å². The zero-order valence-electron chi connectivity index (χ0n) is 19.9. The quantitative estimate of drug-likeness (QED) is 0.580. The molecule has 9 nitrogen and oxygen atoms in total. The highest BCUT2D eigenvalue weighted by Crippen LogP contribution is 2.33. The summed E-state index contributed by atoms with van der Waals surface area (Å²) in [6, 6.07) is 11.5. The Morgan fingerprint density at radius 2 is 1.86 bits per heavy atom. The summed E-state index contributed by atoms with van der Waals surface area (Å²) in [5.74, 6) is -0.142. The number of esters is 1. The lowest BCUT2D eigenvalue weighted by molar-refractivity contribution is -0.148. The van der Waals surface area contributed by atoms with Crippen LogP contribution in [0.4, 0.5) is 5.69 Å². The van der Waals surface area contributed by atoms with E-state index in [0.717, 1.165) is 32.1 Å². The van der Waals surface area contributed by atoms with Crippen LogP contribution < -0.4 is 19.1 Å². The first kappa shape index (κ1) is 25.0. The third kappa shape index (κ3) is 5.76. The molecule has 1 unspecified atom stereocenters. The smallest absolute Gasteiger partial charge is 0.348 e. The molecular weight excluding hydrogens is 472 g/mol. The van der Waals surface area contributed by atoms with Crippen molar-refractivity contribution in [2.75, 3.05) is 25.2 Å². The van der Waals surface area contributed by atoms with Crippen molar-refractivity contribution >= 4 is 27.6 Å². The molecule has 1 aliphatic carbocycles. The Labute approximate surface area is 205 Å². The standard InChI is InChI=1S/C25H30N2O7S/c1-17-14-19(35(30,31)26-18-8-4-3-5-9-18)12-13-21(17)33-16-24(28)27-15-23(25(29)32-2)34-22-11-7-6-10-20(22)27/h6-7,10-14,18,23,26H,3-5,8-9,15-16H2,1-2H3. The van der Waals surface area contributed by atoms with Crippen LogP contribution in [0.2, 0.25) is 0 Å². The van der Waals surface area contributed by atoms with E-state index in [4.69, 9.17) is 14.2 Å². The molecule has 1 fully saturated rings. The molecule has 1 aliphatic heterocycles. The van der Waals surface area contributed by atoms with E-state index in [1.807, 2.05) is 0 Å². The van der Waals surface area contributed by atoms with Crippen molar-refractivity contribution in [3.63, 3.8) is 0 Å². The number of aryl methyl sites for hydroxylation is 1. The molecule has 0 spiro atoms. The molecule has 2 aliphatic rings. The van der Waals surface area contributed by atoms with E-state index in [1.165, 1.54) is 18.1 Å². The number of para-hydroxylation sites is 2. The number of benzene rings is 2. The maximum absolute atomic E-state index is 13.0. The summed E-state index contributed by atoms with van der Waals surface area (Å²) in [5.41, 5.74) is 1.13. The van der Waals surface area contributed by atoms with Crippen LogP contribution in [-0.4, -0.2) is 52.7 Å². The molecule has 10 heteroatoms. The number of anilines is 1. The first-order valence-corrected chi connectivity index (χ1v) is 13.2. The van der Waals surface area contributed by atoms with Crippen LogP contribution in [-0.2, 0) is 24.3 Å². The maximum atomic E-state index is 13.0. The summed E-state index contributed by atoms with van der Waals surface area (Å²) in [5, 5.41) is 0. The molecule has 35 heavy (non-hydrogen) atoms. The lowest BCUT2D eigenvalue weighted by Gasteiger charge is -2.33. The number of ether oxygens (including phenoxy) is 3. The Balaban J connectivity index is 1.43. The van der Waals surface area contributed by atoms with Crippen LogP contribution in [0.25, 0.3) is 0 Å². The Morgan fingerprint density at radius 1 is 1.11 bits per heavy atom. The van der Waals surface area contributed by atoms with Crippen LogP contribution in [0.3, 0.4) is 0 Å². The SMILES string of the molecule is COC(=O)C1CN(C(=O)COc2ccc(S(=O)(=O)NC3CCCCC3)cc2C)c2ccccc2O1. The molecule has 1 atom stereocenters. The van der Waals surface area contributed by atoms with Crippen molar-refractivity contribution in [2.24, 2.45) is 0 Å². The zero-order valence-corrected chi connectivity index (χ0v) is 20.7. The highest BCUT2D eigenvalue weighted by molar-refractivity contribution is 7.89. The Hall–Kier alpha value is -3.11. The Morgan fingerprint density at radius 3 is 2.57 bits per heavy atom. The minimum atomic E-state index is -3.64. The Bertz CT molecular complexity index is 1190. The molecule has 1 amide bonds. The van der Waals surface area contributed by atoms with Crippen LogP contribution in [0.15, 0.2) is 47.4 Å². The largest absolute Gasteiger partial charge is 0.483 e. The maximum Gasteiger partial charge on any atom is 0.348 e. The number of carbonyl (C=O) groups is 2. The second kappa shape index (κ2) is 10.7. The molecular formula is C25H30N2O7S. The van der Waals surface area contributed by atoms with E-state index in [2.05, 4.69) is 4.72 Å². The van der Waals surface area contributed by atoms with E-state index >= 15 is 0 Å². The third-order valence-electron chi connectivity index (χ3n) is 6.27. The minimum absolute atomic E-state index is 0.00508. The predicted molar refractivity (Wildman–Crippen MR) is 129 cm³/mol. The first-order valence-electron chi connectivity index (χ1n) is 11.7. The molecule has 1 heterocycles. The number of nitrogens with zero attached hydrogens (tertiary/aromatic N) is 1. The number of amides is 1. The van der Waals surface area contributed by atoms with E-state index < -0.39 is 22.1 Å². The van der Waals surface area contributed by atoms with Crippen molar-refractivity contribution < 1.29 is 32.2 Å². The summed E-state index contributed by atoms with van der Waals surface area (Å²) in [4.78, 5) is 26.7. The fraction of sp³-hybridized carbons (Fsp3) is 0.440. The third-order valence-corrected chi connectivity index (χ3v) is 7.79. The fourth-order valence-corrected chi connectivity index (χ4v) is 5.79. The monoisotopic (exact) mass is 502 g/mol. The number of sulfonamides is 1. The van der Waals surface area contributed by atoms with Gasteiger partial charge in [0.2, 0.25) is 16.1 Å². The molecule has 0 saturated heterocycles. The molecule has 2 aromatic carbocycles. The van der Waals surface area contributed by atoms with Gasteiger partial charge in [0.05, 0.1) is 24.2 Å². The predicted octanol–water partition coefficient (Wildman–Crippen LogP) is 2.95. The van der Waals surface area contributed by atoms with Gasteiger partial charge in [-0.1, -0.05) is 31.4 Å². The van der Waals surface area contributed by atoms with E-state index in [0.29, 0.717) is 22.7 Å². The number of rotatable bonds is 7. The fourth-order valence-electron chi connectivity index (χ4n) is 4.40. The lowest BCUT2D eigenvalue weighted by Crippen LogP contribution is -2.48. The van der Waals surface area contributed by atoms with Gasteiger partial charge in [0.15, 0.2) is 6.61 Å². The summed E-state index contributed by atoms with van der Waals surface area (Å²) >= 11 is 0. The number of hydrogen-bond acceptors (Lipinski definition) is 7. The van der Waals surface area contributed by atoms with Crippen molar-refractivity contribution in [1.82, 2.24) is 4.72 Å². The average Bonchev–Trinajstić information content (AvgIpc) is 2.86. The number of fused-ring (bicyclic) bond motifs is 1.